The Balaban J connectivity index is 1.56. The average Bonchev–Trinajstić information content (AvgIpc) is 2.59. The lowest BCUT2D eigenvalue weighted by Crippen LogP contribution is -2.58. The Labute approximate surface area is 146 Å². The number of rotatable bonds is 0. The van der Waals surface area contributed by atoms with Crippen molar-refractivity contribution >= 4 is 23.1 Å². The van der Waals surface area contributed by atoms with Crippen molar-refractivity contribution in [3.8, 4) is 23.0 Å². The summed E-state index contributed by atoms with van der Waals surface area (Å²) in [6, 6.07) is 15.5. The molecule has 3 aromatic rings. The van der Waals surface area contributed by atoms with E-state index in [1.165, 1.54) is 64.3 Å². The molecule has 4 aliphatic rings. The molecule has 2 nitrogen and oxygen atoms in total. The van der Waals surface area contributed by atoms with Crippen molar-refractivity contribution < 1.29 is 9.47 Å². The maximum Gasteiger partial charge on any atom is 0.260 e. The first-order chi connectivity index (χ1) is 12.3. The first-order valence-electron chi connectivity index (χ1n) is 9.15. The third-order valence-electron chi connectivity index (χ3n) is 6.37. The molecule has 0 saturated carbocycles. The largest absolute Gasteiger partial charge is 0.458 e. The number of hydrogen-bond donors (Lipinski definition) is 0. The topological polar surface area (TPSA) is 18.5 Å². The predicted octanol–water partition coefficient (Wildman–Crippen LogP) is 2.61. The summed E-state index contributed by atoms with van der Waals surface area (Å²) < 4.78 is 12.6. The molecule has 118 valence electrons. The van der Waals surface area contributed by atoms with Gasteiger partial charge in [-0.2, -0.15) is 0 Å². The Morgan fingerprint density at radius 1 is 0.600 bits per heavy atom. The molecule has 2 heterocycles. The van der Waals surface area contributed by atoms with Gasteiger partial charge in [0.05, 0.1) is 0 Å². The van der Waals surface area contributed by atoms with Crippen molar-refractivity contribution in [1.29, 1.82) is 0 Å². The van der Waals surface area contributed by atoms with Crippen LogP contribution in [0.3, 0.4) is 0 Å². The summed E-state index contributed by atoms with van der Waals surface area (Å²) in [4.78, 5) is 0. The Morgan fingerprint density at radius 3 is 1.56 bits per heavy atom. The lowest BCUT2D eigenvalue weighted by atomic mass is 9.34. The Morgan fingerprint density at radius 2 is 1.08 bits per heavy atom. The van der Waals surface area contributed by atoms with Crippen LogP contribution in [0.5, 0.6) is 23.0 Å². The molecule has 0 atom stereocenters. The Kier molecular flexibility index (Phi) is 2.08. The van der Waals surface area contributed by atoms with Gasteiger partial charge in [-0.1, -0.05) is 18.2 Å². The second-order valence-electron chi connectivity index (χ2n) is 7.62. The summed E-state index contributed by atoms with van der Waals surface area (Å²) in [7, 11) is 0. The van der Waals surface area contributed by atoms with E-state index in [9.17, 15) is 0 Å². The highest BCUT2D eigenvalue weighted by Crippen LogP contribution is 2.38. The first-order valence-corrected chi connectivity index (χ1v) is 9.15. The van der Waals surface area contributed by atoms with E-state index in [0.29, 0.717) is 0 Å². The number of aryl methyl sites for hydroxylation is 4. The zero-order chi connectivity index (χ0) is 16.1. The molecule has 2 aliphatic heterocycles. The van der Waals surface area contributed by atoms with Crippen LogP contribution in [0.4, 0.5) is 0 Å². The highest BCUT2D eigenvalue weighted by Gasteiger charge is 2.41. The molecule has 0 unspecified atom stereocenters. The maximum atomic E-state index is 6.30. The summed E-state index contributed by atoms with van der Waals surface area (Å²) >= 11 is 0. The quantitative estimate of drug-likeness (QED) is 0.408. The second kappa shape index (κ2) is 4.11. The lowest BCUT2D eigenvalue weighted by molar-refractivity contribution is 0.462. The molecule has 2 aliphatic carbocycles. The van der Waals surface area contributed by atoms with Gasteiger partial charge in [0.2, 0.25) is 0 Å². The van der Waals surface area contributed by atoms with Gasteiger partial charge in [-0.05, 0) is 83.1 Å². The molecule has 0 bridgehead atoms. The first kappa shape index (κ1) is 12.7. The molecule has 0 radical (unpaired) electrons. The molecule has 7 rings (SSSR count). The summed E-state index contributed by atoms with van der Waals surface area (Å²) in [5.41, 5.74) is 9.68. The fourth-order valence-corrected chi connectivity index (χ4v) is 4.82. The van der Waals surface area contributed by atoms with Gasteiger partial charge >= 0.3 is 0 Å². The monoisotopic (exact) mass is 322 g/mol. The summed E-state index contributed by atoms with van der Waals surface area (Å²) in [6.45, 7) is 0.232. The molecule has 3 aromatic carbocycles. The number of fused-ring (bicyclic) bond motifs is 6. The molecule has 0 fully saturated rings. The Hall–Kier alpha value is -2.68. The maximum absolute atomic E-state index is 6.30. The third-order valence-corrected chi connectivity index (χ3v) is 6.37. The van der Waals surface area contributed by atoms with Gasteiger partial charge in [0, 0.05) is 5.46 Å². The van der Waals surface area contributed by atoms with Crippen molar-refractivity contribution in [3.05, 3.63) is 64.7 Å². The van der Waals surface area contributed by atoms with Gasteiger partial charge in [-0.3, -0.25) is 0 Å². The van der Waals surface area contributed by atoms with Crippen LogP contribution in [-0.2, 0) is 25.7 Å². The van der Waals surface area contributed by atoms with E-state index in [1.807, 2.05) is 6.07 Å². The fourth-order valence-electron chi connectivity index (χ4n) is 4.82. The molecule has 0 amide bonds. The number of ether oxygens (including phenoxy) is 2. The SMILES string of the molecule is c1cc2c3c(c1)Oc1cc4c(cc1B3c1cc3c(cc1O2)CC3)CC4. The lowest BCUT2D eigenvalue weighted by Gasteiger charge is -2.36. The van der Waals surface area contributed by atoms with Crippen molar-refractivity contribution in [1.82, 2.24) is 0 Å². The van der Waals surface area contributed by atoms with Crippen LogP contribution in [0.1, 0.15) is 22.3 Å². The van der Waals surface area contributed by atoms with Crippen LogP contribution in [0.2, 0.25) is 0 Å². The van der Waals surface area contributed by atoms with E-state index < -0.39 is 0 Å². The van der Waals surface area contributed by atoms with Crippen molar-refractivity contribution in [2.75, 3.05) is 0 Å². The standard InChI is InChI=1S/C22H15BO2/c1-2-18-22-19(3-1)25-21-11-15-7-5-13(15)9-17(21)23(22)16-8-12-4-6-14(12)10-20(16)24-18/h1-3,8-11H,4-7H2. The molecule has 3 heteroatoms. The van der Waals surface area contributed by atoms with E-state index >= 15 is 0 Å². The van der Waals surface area contributed by atoms with E-state index in [4.69, 9.17) is 9.47 Å². The van der Waals surface area contributed by atoms with Gasteiger partial charge in [-0.15, -0.1) is 0 Å². The molecular formula is C22H15BO2. The van der Waals surface area contributed by atoms with Gasteiger partial charge in [-0.25, -0.2) is 0 Å². The van der Waals surface area contributed by atoms with Gasteiger partial charge in [0.15, 0.2) is 0 Å². The van der Waals surface area contributed by atoms with Gasteiger partial charge < -0.3 is 9.47 Å². The van der Waals surface area contributed by atoms with Gasteiger partial charge in [0.25, 0.3) is 6.71 Å². The van der Waals surface area contributed by atoms with Crippen LogP contribution < -0.4 is 25.9 Å². The summed E-state index contributed by atoms with van der Waals surface area (Å²) in [6.07, 6.45) is 4.74. The summed E-state index contributed by atoms with van der Waals surface area (Å²) in [5.74, 6) is 3.96. The van der Waals surface area contributed by atoms with Crippen LogP contribution in [0, 0.1) is 0 Å². The van der Waals surface area contributed by atoms with Crippen LogP contribution in [0.25, 0.3) is 0 Å². The highest BCUT2D eigenvalue weighted by atomic mass is 16.5. The highest BCUT2D eigenvalue weighted by molar-refractivity contribution is 6.98. The van der Waals surface area contributed by atoms with E-state index in [1.54, 1.807) is 0 Å². The van der Waals surface area contributed by atoms with Crippen LogP contribution >= 0.6 is 0 Å². The van der Waals surface area contributed by atoms with E-state index in [2.05, 4.69) is 36.4 Å². The van der Waals surface area contributed by atoms with E-state index in [-0.39, 0.29) is 6.71 Å². The minimum atomic E-state index is 0.232. The van der Waals surface area contributed by atoms with Crippen molar-refractivity contribution in [2.45, 2.75) is 25.7 Å². The van der Waals surface area contributed by atoms with Crippen molar-refractivity contribution in [3.63, 3.8) is 0 Å². The molecular weight excluding hydrogens is 307 g/mol. The van der Waals surface area contributed by atoms with Gasteiger partial charge in [0.1, 0.15) is 23.0 Å². The molecule has 25 heavy (non-hydrogen) atoms. The third kappa shape index (κ3) is 1.48. The van der Waals surface area contributed by atoms with Crippen LogP contribution in [0.15, 0.2) is 42.5 Å². The Bertz CT molecular complexity index is 1030. The second-order valence-corrected chi connectivity index (χ2v) is 7.62. The molecule has 0 saturated heterocycles. The average molecular weight is 322 g/mol. The number of hydrogen-bond acceptors (Lipinski definition) is 2. The molecule has 0 spiro atoms. The zero-order valence-electron chi connectivity index (χ0n) is 13.8. The minimum absolute atomic E-state index is 0.232. The normalized spacial score (nSPS) is 16.7. The molecule has 0 aromatic heterocycles. The zero-order valence-corrected chi connectivity index (χ0v) is 13.8. The summed E-state index contributed by atoms with van der Waals surface area (Å²) in [5, 5.41) is 0. The van der Waals surface area contributed by atoms with Crippen LogP contribution in [-0.4, -0.2) is 6.71 Å². The molecule has 0 N–H and O–H groups in total. The predicted molar refractivity (Wildman–Crippen MR) is 98.9 cm³/mol. The van der Waals surface area contributed by atoms with E-state index in [0.717, 1.165) is 23.0 Å². The van der Waals surface area contributed by atoms with Crippen molar-refractivity contribution in [2.24, 2.45) is 0 Å². The fraction of sp³-hybridized carbons (Fsp3) is 0.182. The smallest absolute Gasteiger partial charge is 0.260 e. The number of benzene rings is 3. The minimum Gasteiger partial charge on any atom is -0.458 e.